The van der Waals surface area contributed by atoms with Crippen molar-refractivity contribution < 1.29 is 17.1 Å². The number of allylic oxidation sites excluding steroid dienone is 4. The second-order valence-electron chi connectivity index (χ2n) is 12.0. The second-order valence-corrected chi connectivity index (χ2v) is 14.0. The zero-order valence-corrected chi connectivity index (χ0v) is 35.5. The summed E-state index contributed by atoms with van der Waals surface area (Å²) in [6.45, 7) is 22.7. The molecule has 0 unspecified atom stereocenters. The van der Waals surface area contributed by atoms with Gasteiger partial charge in [0, 0.05) is 12.4 Å². The number of nitrogens with zero attached hydrogens (tertiary/aromatic N) is 6. The molecule has 6 heterocycles. The molecule has 4 aromatic rings. The zero-order valence-electron chi connectivity index (χ0n) is 32.1. The van der Waals surface area contributed by atoms with Crippen LogP contribution in [0.15, 0.2) is 54.9 Å². The van der Waals surface area contributed by atoms with Crippen molar-refractivity contribution in [3.05, 3.63) is 106 Å². The van der Waals surface area contributed by atoms with E-state index in [1.807, 2.05) is 18.2 Å². The summed E-state index contributed by atoms with van der Waals surface area (Å²) in [7, 11) is 0. The smallest absolute Gasteiger partial charge is 0.657 e. The van der Waals surface area contributed by atoms with Gasteiger partial charge in [-0.2, -0.15) is 0 Å². The molecule has 6 rings (SSSR count). The van der Waals surface area contributed by atoms with Gasteiger partial charge in [0.1, 0.15) is 0 Å². The van der Waals surface area contributed by atoms with Crippen LogP contribution in [-0.2, 0) is 42.8 Å². The predicted octanol–water partition coefficient (Wildman–Crippen LogP) is 12.4. The van der Waals surface area contributed by atoms with Crippen LogP contribution in [0.1, 0.15) is 126 Å². The number of aryl methyl sites for hydroxylation is 4. The van der Waals surface area contributed by atoms with Crippen molar-refractivity contribution in [1.29, 1.82) is 5.26 Å². The van der Waals surface area contributed by atoms with Crippen LogP contribution in [0.2, 0.25) is 0 Å². The largest absolute Gasteiger partial charge is 3.00 e. The standard InChI is InChI=1S/C36H44N4.C5H5N.CHCl3.CN.Fe/c1-9-21-22(10-2)30-18-32-25(13-5)26(14-6)34(39-32)20-36-28(16-8)27(15-7)35(40-36)19-33-24(12-4)23(11-3)31(38-33)17-29(21)37-30;1-2-4-6-5-3-1;2-1(3)4;1-2;/h17-20H,9-16H2,1-8H3;1-5H;1H;;/q-2;;;-1;+3. The number of pyridine rings is 1. The van der Waals surface area contributed by atoms with Crippen LogP contribution in [0.3, 0.4) is 0 Å². The Balaban J connectivity index is 0.000000647. The molecule has 0 fully saturated rings. The van der Waals surface area contributed by atoms with E-state index in [1.54, 1.807) is 12.4 Å². The summed E-state index contributed by atoms with van der Waals surface area (Å²) in [5.74, 6) is 0. The van der Waals surface area contributed by atoms with Gasteiger partial charge >= 0.3 is 17.1 Å². The van der Waals surface area contributed by atoms with Crippen LogP contribution in [0.5, 0.6) is 0 Å². The molecule has 1 radical (unpaired) electrons. The van der Waals surface area contributed by atoms with Gasteiger partial charge in [0.15, 0.2) is 4.30 Å². The normalized spacial score (nSPS) is 11.9. The Morgan fingerprint density at radius 1 is 0.491 bits per heavy atom. The van der Waals surface area contributed by atoms with E-state index in [2.05, 4.69) is 84.6 Å². The molecule has 0 saturated heterocycles. The van der Waals surface area contributed by atoms with E-state index in [9.17, 15) is 0 Å². The van der Waals surface area contributed by atoms with Crippen molar-refractivity contribution in [3.63, 3.8) is 0 Å². The summed E-state index contributed by atoms with van der Waals surface area (Å²) in [5.41, 5.74) is 19.1. The maximum absolute atomic E-state index is 6.25. The summed E-state index contributed by atoms with van der Waals surface area (Å²) in [5, 5.41) is 6.25. The van der Waals surface area contributed by atoms with Crippen molar-refractivity contribution in [1.82, 2.24) is 24.9 Å². The fourth-order valence-corrected chi connectivity index (χ4v) is 7.24. The van der Waals surface area contributed by atoms with E-state index >= 15 is 0 Å². The van der Waals surface area contributed by atoms with E-state index in [0.717, 1.165) is 96.2 Å². The second kappa shape index (κ2) is 22.8. The molecule has 281 valence electrons. The molecule has 53 heavy (non-hydrogen) atoms. The van der Waals surface area contributed by atoms with Gasteiger partial charge in [0.05, 0.1) is 22.8 Å². The molecule has 0 aromatic carbocycles. The number of halogens is 3. The molecular weight excluding hydrogens is 763 g/mol. The predicted molar refractivity (Wildman–Crippen MR) is 222 cm³/mol. The van der Waals surface area contributed by atoms with Gasteiger partial charge in [-0.25, -0.2) is 9.97 Å². The molecule has 0 saturated carbocycles. The van der Waals surface area contributed by atoms with E-state index < -0.39 is 4.30 Å². The molecule has 4 aromatic heterocycles. The third-order valence-corrected chi connectivity index (χ3v) is 9.38. The van der Waals surface area contributed by atoms with Gasteiger partial charge in [-0.15, -0.1) is 22.1 Å². The maximum Gasteiger partial charge on any atom is 3.00 e. The minimum atomic E-state index is -0.750. The zero-order chi connectivity index (χ0) is 38.4. The Labute approximate surface area is 342 Å². The van der Waals surface area contributed by atoms with Crippen LogP contribution in [0, 0.1) is 11.8 Å². The Morgan fingerprint density at radius 3 is 1.00 bits per heavy atom. The van der Waals surface area contributed by atoms with Crippen molar-refractivity contribution in [2.45, 2.75) is 111 Å². The quantitative estimate of drug-likeness (QED) is 0.1000. The Bertz CT molecular complexity index is 1890. The van der Waals surface area contributed by atoms with Crippen molar-refractivity contribution >= 4 is 79.2 Å². The van der Waals surface area contributed by atoms with Gasteiger partial charge in [0.25, 0.3) is 0 Å². The first-order valence-electron chi connectivity index (χ1n) is 18.3. The van der Waals surface area contributed by atoms with Crippen LogP contribution < -0.4 is 9.97 Å². The molecule has 8 bridgehead atoms. The first-order chi connectivity index (χ1) is 25.2. The van der Waals surface area contributed by atoms with Crippen LogP contribution in [0.4, 0.5) is 0 Å². The number of rotatable bonds is 8. The first kappa shape index (κ1) is 45.8. The molecule has 10 heteroatoms. The first-order valence-corrected chi connectivity index (χ1v) is 19.6. The van der Waals surface area contributed by atoms with Crippen LogP contribution >= 0.6 is 34.8 Å². The van der Waals surface area contributed by atoms with Gasteiger partial charge < -0.3 is 21.8 Å². The molecular formula is C43H50Cl3FeN6. The minimum absolute atomic E-state index is 0. The Hall–Kier alpha value is -3.37. The van der Waals surface area contributed by atoms with E-state index in [0.29, 0.717) is 0 Å². The average Bonchev–Trinajstić information content (AvgIpc) is 3.88. The van der Waals surface area contributed by atoms with E-state index in [1.165, 1.54) is 44.5 Å². The number of hydrogen-bond donors (Lipinski definition) is 0. The number of fused-ring (bicyclic) bond motifs is 8. The summed E-state index contributed by atoms with van der Waals surface area (Å²) in [6, 6.07) is 14.7. The summed E-state index contributed by atoms with van der Waals surface area (Å²) < 4.78 is -0.750. The molecule has 2 aliphatic heterocycles. The van der Waals surface area contributed by atoms with Gasteiger partial charge in [0.2, 0.25) is 0 Å². The fraction of sp³-hybridized carbons (Fsp3) is 0.395. The Kier molecular flexibility index (Phi) is 19.7. The van der Waals surface area contributed by atoms with Gasteiger partial charge in [-0.05, 0) is 91.9 Å². The summed E-state index contributed by atoms with van der Waals surface area (Å²) >= 11 is 14.4. The molecule has 0 atom stereocenters. The maximum atomic E-state index is 6.25. The number of aromatic nitrogens is 5. The molecule has 6 nitrogen and oxygen atoms in total. The molecule has 0 N–H and O–H groups in total. The van der Waals surface area contributed by atoms with Crippen molar-refractivity contribution in [2.75, 3.05) is 0 Å². The van der Waals surface area contributed by atoms with Gasteiger partial charge in [-0.3, -0.25) is 4.98 Å². The Morgan fingerprint density at radius 2 is 0.774 bits per heavy atom. The van der Waals surface area contributed by atoms with Crippen LogP contribution in [0.25, 0.3) is 44.4 Å². The minimum Gasteiger partial charge on any atom is -0.657 e. The third kappa shape index (κ3) is 10.9. The molecule has 0 aliphatic carbocycles. The summed E-state index contributed by atoms with van der Waals surface area (Å²) in [6.07, 6.45) is 11.1. The third-order valence-electron chi connectivity index (χ3n) is 9.38. The fourth-order valence-electron chi connectivity index (χ4n) is 7.24. The average molecular weight is 813 g/mol. The van der Waals surface area contributed by atoms with Crippen molar-refractivity contribution in [2.24, 2.45) is 0 Å². The topological polar surface area (TPSA) is 90.7 Å². The molecule has 0 amide bonds. The van der Waals surface area contributed by atoms with E-state index in [-0.39, 0.29) is 17.1 Å². The summed E-state index contributed by atoms with van der Waals surface area (Å²) in [4.78, 5) is 24.8. The number of alkyl halides is 3. The van der Waals surface area contributed by atoms with Crippen molar-refractivity contribution in [3.8, 4) is 0 Å². The monoisotopic (exact) mass is 811 g/mol. The van der Waals surface area contributed by atoms with Crippen LogP contribution in [-0.4, -0.2) is 19.2 Å². The van der Waals surface area contributed by atoms with Gasteiger partial charge in [-0.1, -0.05) is 137 Å². The molecule has 0 spiro atoms. The number of hydrogen-bond acceptors (Lipinski definition) is 4. The van der Waals surface area contributed by atoms with E-state index in [4.69, 9.17) is 66.6 Å². The molecule has 2 aliphatic rings. The SMILES string of the molecule is CCC1=C(CC)c2cc3[n-]c(cc4[n-]c(cc5nc(cc1n2)C(CC)=C5CC)c(CC)c4CC)c(CC)c3CC.ClC(Cl)Cl.[C-]#N.[Fe+3].c1ccncc1.